The predicted molar refractivity (Wildman–Crippen MR) is 98.4 cm³/mol. The molecule has 25 heavy (non-hydrogen) atoms. The van der Waals surface area contributed by atoms with Crippen LogP contribution in [0.25, 0.3) is 21.8 Å². The third-order valence-electron chi connectivity index (χ3n) is 5.27. The van der Waals surface area contributed by atoms with Crippen molar-refractivity contribution in [3.05, 3.63) is 22.9 Å². The average molecular weight is 405 g/mol. The molecular weight excluding hydrogens is 384 g/mol. The summed E-state index contributed by atoms with van der Waals surface area (Å²) in [5.41, 5.74) is 2.17. The number of benzene rings is 1. The summed E-state index contributed by atoms with van der Waals surface area (Å²) >= 11 is 3.77. The van der Waals surface area contributed by atoms with Gasteiger partial charge in [-0.25, -0.2) is 9.36 Å². The van der Waals surface area contributed by atoms with Crippen molar-refractivity contribution in [2.75, 3.05) is 13.2 Å². The number of fused-ring (bicyclic) bond motifs is 2. The lowest BCUT2D eigenvalue weighted by molar-refractivity contribution is -0.0371. The van der Waals surface area contributed by atoms with Crippen LogP contribution in [0, 0.1) is 0 Å². The smallest absolute Gasteiger partial charge is 0.150 e. The molecule has 4 heterocycles. The summed E-state index contributed by atoms with van der Waals surface area (Å²) in [6.07, 6.45) is 10.6. The van der Waals surface area contributed by atoms with Crippen molar-refractivity contribution in [2.45, 2.75) is 51.0 Å². The molecule has 0 N–H and O–H groups in total. The van der Waals surface area contributed by atoms with Gasteiger partial charge in [0.2, 0.25) is 0 Å². The van der Waals surface area contributed by atoms with E-state index in [1.165, 1.54) is 12.8 Å². The fraction of sp³-hybridized carbons (Fsp3) is 0.556. The summed E-state index contributed by atoms with van der Waals surface area (Å²) in [7, 11) is 0. The summed E-state index contributed by atoms with van der Waals surface area (Å²) in [5, 5.41) is 11.5. The quantitative estimate of drug-likeness (QED) is 0.628. The summed E-state index contributed by atoms with van der Waals surface area (Å²) in [6.45, 7) is 1.62. The minimum Gasteiger partial charge on any atom is -0.356 e. The molecule has 2 atom stereocenters. The summed E-state index contributed by atoms with van der Waals surface area (Å²) in [6, 6.07) is 2.19. The number of halogens is 1. The molecule has 5 rings (SSSR count). The lowest BCUT2D eigenvalue weighted by Gasteiger charge is -2.24. The molecule has 0 aliphatic carbocycles. The van der Waals surface area contributed by atoms with Gasteiger partial charge < -0.3 is 9.47 Å². The van der Waals surface area contributed by atoms with Gasteiger partial charge in [-0.1, -0.05) is 0 Å². The van der Waals surface area contributed by atoms with Gasteiger partial charge in [-0.2, -0.15) is 10.2 Å². The largest absolute Gasteiger partial charge is 0.356 e. The maximum Gasteiger partial charge on any atom is 0.150 e. The molecule has 6 nitrogen and oxygen atoms in total. The highest BCUT2D eigenvalue weighted by Crippen LogP contribution is 2.37. The van der Waals surface area contributed by atoms with Crippen molar-refractivity contribution in [1.82, 2.24) is 19.6 Å². The second kappa shape index (κ2) is 6.37. The first-order valence-corrected chi connectivity index (χ1v) is 9.88. The first-order valence-electron chi connectivity index (χ1n) is 9.09. The van der Waals surface area contributed by atoms with Crippen LogP contribution in [0.15, 0.2) is 22.9 Å². The van der Waals surface area contributed by atoms with Gasteiger partial charge in [0.25, 0.3) is 0 Å². The van der Waals surface area contributed by atoms with Crippen LogP contribution in [-0.4, -0.2) is 32.8 Å². The van der Waals surface area contributed by atoms with E-state index < -0.39 is 0 Å². The van der Waals surface area contributed by atoms with Gasteiger partial charge in [0.1, 0.15) is 0 Å². The molecule has 0 saturated carbocycles. The van der Waals surface area contributed by atoms with Crippen LogP contribution in [0.1, 0.15) is 51.0 Å². The average Bonchev–Trinajstić information content (AvgIpc) is 3.28. The number of nitrogens with zero attached hydrogens (tertiary/aromatic N) is 4. The third-order valence-corrected chi connectivity index (χ3v) is 6.13. The van der Waals surface area contributed by atoms with Crippen molar-refractivity contribution in [1.29, 1.82) is 0 Å². The lowest BCUT2D eigenvalue weighted by Crippen LogP contribution is -2.19. The van der Waals surface area contributed by atoms with Gasteiger partial charge in [-0.15, -0.1) is 0 Å². The topological polar surface area (TPSA) is 54.1 Å². The summed E-state index contributed by atoms with van der Waals surface area (Å²) in [4.78, 5) is 0. The standard InChI is InChI=1S/C18H21BrN4O2/c19-18-12-10-20-22(16-5-1-3-7-24-16)14(12)9-15-13(18)11-21-23(15)17-6-2-4-8-25-17/h9-11,16-17H,1-8H2. The Balaban J connectivity index is 1.65. The highest BCUT2D eigenvalue weighted by Gasteiger charge is 2.23. The molecule has 2 aliphatic rings. The molecule has 1 aromatic carbocycles. The molecule has 0 amide bonds. The highest BCUT2D eigenvalue weighted by molar-refractivity contribution is 9.10. The SMILES string of the molecule is Brc1c2cnn(C3CCCCO3)c2cc2c1cnn2C1CCCCO1. The highest BCUT2D eigenvalue weighted by atomic mass is 79.9. The Morgan fingerprint density at radius 1 is 0.840 bits per heavy atom. The minimum absolute atomic E-state index is 0.0258. The van der Waals surface area contributed by atoms with E-state index in [1.807, 2.05) is 21.8 Å². The van der Waals surface area contributed by atoms with Crippen LogP contribution in [-0.2, 0) is 9.47 Å². The Morgan fingerprint density at radius 2 is 1.36 bits per heavy atom. The fourth-order valence-electron chi connectivity index (χ4n) is 3.94. The maximum absolute atomic E-state index is 5.95. The number of rotatable bonds is 2. The molecule has 2 fully saturated rings. The Bertz CT molecular complexity index is 836. The number of hydrogen-bond acceptors (Lipinski definition) is 4. The maximum atomic E-state index is 5.95. The zero-order valence-corrected chi connectivity index (χ0v) is 15.6. The Morgan fingerprint density at radius 3 is 1.80 bits per heavy atom. The van der Waals surface area contributed by atoms with Gasteiger partial charge in [0, 0.05) is 28.5 Å². The second-order valence-electron chi connectivity index (χ2n) is 6.88. The minimum atomic E-state index is 0.0258. The summed E-state index contributed by atoms with van der Waals surface area (Å²) in [5.74, 6) is 0. The Hall–Kier alpha value is -1.44. The molecule has 0 radical (unpaired) electrons. The number of hydrogen-bond donors (Lipinski definition) is 0. The van der Waals surface area contributed by atoms with Crippen LogP contribution in [0.4, 0.5) is 0 Å². The Labute approximate surface area is 154 Å². The van der Waals surface area contributed by atoms with Crippen molar-refractivity contribution in [2.24, 2.45) is 0 Å². The predicted octanol–water partition coefficient (Wildman–Crippen LogP) is 4.55. The van der Waals surface area contributed by atoms with E-state index >= 15 is 0 Å². The van der Waals surface area contributed by atoms with E-state index in [9.17, 15) is 0 Å². The molecule has 3 aromatic rings. The number of ether oxygens (including phenoxy) is 2. The molecule has 2 saturated heterocycles. The molecular formula is C18H21BrN4O2. The van der Waals surface area contributed by atoms with Gasteiger partial charge in [0.15, 0.2) is 12.5 Å². The molecule has 7 heteroatoms. The van der Waals surface area contributed by atoms with Crippen LogP contribution < -0.4 is 0 Å². The van der Waals surface area contributed by atoms with E-state index in [1.54, 1.807) is 0 Å². The fourth-order valence-corrected chi connectivity index (χ4v) is 4.55. The van der Waals surface area contributed by atoms with Gasteiger partial charge in [0.05, 0.1) is 23.4 Å². The zero-order chi connectivity index (χ0) is 16.8. The van der Waals surface area contributed by atoms with Gasteiger partial charge in [-0.3, -0.25) is 0 Å². The lowest BCUT2D eigenvalue weighted by atomic mass is 10.1. The first kappa shape index (κ1) is 15.8. The third kappa shape index (κ3) is 2.60. The van der Waals surface area contributed by atoms with E-state index in [0.29, 0.717) is 0 Å². The van der Waals surface area contributed by atoms with Crippen LogP contribution in [0.3, 0.4) is 0 Å². The van der Waals surface area contributed by atoms with E-state index in [0.717, 1.165) is 65.2 Å². The molecule has 132 valence electrons. The molecule has 2 aromatic heterocycles. The molecule has 2 aliphatic heterocycles. The number of aromatic nitrogens is 4. The molecule has 0 spiro atoms. The van der Waals surface area contributed by atoms with E-state index in [2.05, 4.69) is 32.2 Å². The van der Waals surface area contributed by atoms with Gasteiger partial charge >= 0.3 is 0 Å². The summed E-state index contributed by atoms with van der Waals surface area (Å²) < 4.78 is 17.0. The monoisotopic (exact) mass is 404 g/mol. The second-order valence-corrected chi connectivity index (χ2v) is 7.67. The molecule has 2 unspecified atom stereocenters. The van der Waals surface area contributed by atoms with Crippen molar-refractivity contribution < 1.29 is 9.47 Å². The Kier molecular flexibility index (Phi) is 4.03. The van der Waals surface area contributed by atoms with E-state index in [4.69, 9.17) is 9.47 Å². The zero-order valence-electron chi connectivity index (χ0n) is 14.0. The van der Waals surface area contributed by atoms with Gasteiger partial charge in [-0.05, 0) is 60.5 Å². The van der Waals surface area contributed by atoms with Crippen LogP contribution >= 0.6 is 15.9 Å². The van der Waals surface area contributed by atoms with Crippen molar-refractivity contribution in [3.63, 3.8) is 0 Å². The van der Waals surface area contributed by atoms with Crippen molar-refractivity contribution >= 4 is 37.7 Å². The van der Waals surface area contributed by atoms with Crippen LogP contribution in [0.2, 0.25) is 0 Å². The first-order chi connectivity index (χ1) is 12.3. The molecule has 0 bridgehead atoms. The van der Waals surface area contributed by atoms with E-state index in [-0.39, 0.29) is 12.5 Å². The van der Waals surface area contributed by atoms with Crippen molar-refractivity contribution in [3.8, 4) is 0 Å². The van der Waals surface area contributed by atoms with Crippen LogP contribution in [0.5, 0.6) is 0 Å². The normalized spacial score (nSPS) is 25.0.